The Morgan fingerprint density at radius 3 is 2.61 bits per heavy atom. The summed E-state index contributed by atoms with van der Waals surface area (Å²) < 4.78 is 2.15. The summed E-state index contributed by atoms with van der Waals surface area (Å²) in [5.41, 5.74) is 6.01. The Hall–Kier alpha value is -3.25. The molecule has 1 aliphatic heterocycles. The highest BCUT2D eigenvalue weighted by Crippen LogP contribution is 2.28. The molecule has 2 aromatic heterocycles. The first-order valence-corrected chi connectivity index (χ1v) is 10.8. The van der Waals surface area contributed by atoms with Crippen molar-refractivity contribution in [1.82, 2.24) is 14.3 Å². The Morgan fingerprint density at radius 2 is 1.81 bits per heavy atom. The lowest BCUT2D eigenvalue weighted by molar-refractivity contribution is 0.208. The number of fused-ring (bicyclic) bond motifs is 3. The molecule has 0 unspecified atom stereocenters. The second kappa shape index (κ2) is 7.78. The van der Waals surface area contributed by atoms with E-state index in [2.05, 4.69) is 26.8 Å². The second-order valence-electron chi connectivity index (χ2n) is 8.05. The van der Waals surface area contributed by atoms with Gasteiger partial charge in [0.05, 0.1) is 16.6 Å². The van der Waals surface area contributed by atoms with Crippen LogP contribution >= 0.6 is 11.6 Å². The van der Waals surface area contributed by atoms with Crippen LogP contribution in [0.2, 0.25) is 5.02 Å². The molecule has 0 saturated carbocycles. The molecule has 5 rings (SSSR count). The third kappa shape index (κ3) is 3.68. The smallest absolute Gasteiger partial charge is 0.321 e. The van der Waals surface area contributed by atoms with Crippen LogP contribution < -0.4 is 10.2 Å². The standard InChI is InChI=1S/C24H24ClN5O/c1-16-5-6-17(2)19(14-16)27-24(31)29-12-10-28(11-13-29)23-22-4-3-9-30(22)21-8-7-18(25)15-20(21)26-23/h3-9,14-15H,10-13H2,1-2H3,(H,27,31). The van der Waals surface area contributed by atoms with E-state index in [9.17, 15) is 4.79 Å². The van der Waals surface area contributed by atoms with Crippen molar-refractivity contribution in [2.75, 3.05) is 36.4 Å². The molecular formula is C24H24ClN5O. The van der Waals surface area contributed by atoms with Crippen LogP contribution in [0.4, 0.5) is 16.3 Å². The van der Waals surface area contributed by atoms with Crippen molar-refractivity contribution in [2.24, 2.45) is 0 Å². The van der Waals surface area contributed by atoms with Gasteiger partial charge in [-0.1, -0.05) is 23.7 Å². The predicted molar refractivity (Wildman–Crippen MR) is 126 cm³/mol. The summed E-state index contributed by atoms with van der Waals surface area (Å²) in [6.45, 7) is 6.76. The number of aryl methyl sites for hydroxylation is 2. The fourth-order valence-corrected chi connectivity index (χ4v) is 4.32. The van der Waals surface area contributed by atoms with Gasteiger partial charge in [-0.3, -0.25) is 0 Å². The number of nitrogens with zero attached hydrogens (tertiary/aromatic N) is 4. The first kappa shape index (κ1) is 19.7. The van der Waals surface area contributed by atoms with Gasteiger partial charge in [0.25, 0.3) is 0 Å². The van der Waals surface area contributed by atoms with Crippen LogP contribution in [-0.4, -0.2) is 46.5 Å². The van der Waals surface area contributed by atoms with Gasteiger partial charge >= 0.3 is 6.03 Å². The Labute approximate surface area is 186 Å². The summed E-state index contributed by atoms with van der Waals surface area (Å²) in [4.78, 5) is 21.9. The zero-order valence-electron chi connectivity index (χ0n) is 17.6. The molecule has 1 saturated heterocycles. The molecule has 6 nitrogen and oxygen atoms in total. The van der Waals surface area contributed by atoms with Gasteiger partial charge < -0.3 is 19.5 Å². The van der Waals surface area contributed by atoms with E-state index in [-0.39, 0.29) is 6.03 Å². The molecule has 4 aromatic rings. The first-order valence-electron chi connectivity index (χ1n) is 10.4. The van der Waals surface area contributed by atoms with Gasteiger partial charge in [0.1, 0.15) is 0 Å². The average Bonchev–Trinajstić information content (AvgIpc) is 3.25. The van der Waals surface area contributed by atoms with E-state index in [1.165, 1.54) is 0 Å². The number of benzene rings is 2. The highest BCUT2D eigenvalue weighted by Gasteiger charge is 2.24. The third-order valence-electron chi connectivity index (χ3n) is 5.90. The Balaban J connectivity index is 1.35. The van der Waals surface area contributed by atoms with Gasteiger partial charge in [-0.15, -0.1) is 0 Å². The van der Waals surface area contributed by atoms with E-state index in [4.69, 9.17) is 16.6 Å². The molecule has 1 fully saturated rings. The highest BCUT2D eigenvalue weighted by molar-refractivity contribution is 6.31. The van der Waals surface area contributed by atoms with Crippen molar-refractivity contribution in [3.63, 3.8) is 0 Å². The van der Waals surface area contributed by atoms with Crippen LogP contribution in [0.1, 0.15) is 11.1 Å². The molecule has 0 bridgehead atoms. The SMILES string of the molecule is Cc1ccc(C)c(NC(=O)N2CCN(c3nc4cc(Cl)ccc4n4cccc34)CC2)c1. The summed E-state index contributed by atoms with van der Waals surface area (Å²) in [5, 5.41) is 3.74. The van der Waals surface area contributed by atoms with E-state index in [0.29, 0.717) is 18.1 Å². The number of hydrogen-bond acceptors (Lipinski definition) is 3. The maximum absolute atomic E-state index is 12.8. The molecule has 0 spiro atoms. The van der Waals surface area contributed by atoms with Crippen LogP contribution in [0.25, 0.3) is 16.6 Å². The lowest BCUT2D eigenvalue weighted by atomic mass is 10.1. The van der Waals surface area contributed by atoms with Crippen molar-refractivity contribution in [3.05, 3.63) is 70.9 Å². The molecule has 158 valence electrons. The van der Waals surface area contributed by atoms with Crippen molar-refractivity contribution in [2.45, 2.75) is 13.8 Å². The second-order valence-corrected chi connectivity index (χ2v) is 8.49. The maximum atomic E-state index is 12.8. The zero-order valence-corrected chi connectivity index (χ0v) is 18.4. The Bertz CT molecular complexity index is 1290. The monoisotopic (exact) mass is 433 g/mol. The Kier molecular flexibility index (Phi) is 4.94. The van der Waals surface area contributed by atoms with Crippen molar-refractivity contribution >= 4 is 45.7 Å². The molecule has 0 atom stereocenters. The molecule has 7 heteroatoms. The van der Waals surface area contributed by atoms with Crippen molar-refractivity contribution in [3.8, 4) is 0 Å². The number of nitrogens with one attached hydrogen (secondary N) is 1. The third-order valence-corrected chi connectivity index (χ3v) is 6.14. The van der Waals surface area contributed by atoms with Crippen molar-refractivity contribution < 1.29 is 4.79 Å². The number of hydrogen-bond donors (Lipinski definition) is 1. The number of piperazine rings is 1. The summed E-state index contributed by atoms with van der Waals surface area (Å²) in [6.07, 6.45) is 2.05. The fourth-order valence-electron chi connectivity index (χ4n) is 4.15. The number of rotatable bonds is 2. The first-order chi connectivity index (χ1) is 15.0. The minimum absolute atomic E-state index is 0.0561. The van der Waals surface area contributed by atoms with Gasteiger partial charge in [-0.25, -0.2) is 9.78 Å². The normalized spacial score (nSPS) is 14.4. The number of amides is 2. The molecular weight excluding hydrogens is 410 g/mol. The minimum atomic E-state index is -0.0561. The number of aromatic nitrogens is 2. The van der Waals surface area contributed by atoms with Gasteiger partial charge in [0, 0.05) is 43.1 Å². The number of anilines is 2. The van der Waals surface area contributed by atoms with Gasteiger partial charge in [0.2, 0.25) is 0 Å². The number of urea groups is 1. The summed E-state index contributed by atoms with van der Waals surface area (Å²) >= 11 is 6.21. The van der Waals surface area contributed by atoms with Crippen LogP contribution in [0, 0.1) is 13.8 Å². The maximum Gasteiger partial charge on any atom is 0.321 e. The molecule has 1 N–H and O–H groups in total. The minimum Gasteiger partial charge on any atom is -0.351 e. The lowest BCUT2D eigenvalue weighted by Crippen LogP contribution is -2.50. The van der Waals surface area contributed by atoms with Gasteiger partial charge in [0.15, 0.2) is 5.82 Å². The van der Waals surface area contributed by atoms with E-state index in [1.54, 1.807) is 0 Å². The molecule has 31 heavy (non-hydrogen) atoms. The Morgan fingerprint density at radius 1 is 1.00 bits per heavy atom. The number of halogens is 1. The highest BCUT2D eigenvalue weighted by atomic mass is 35.5. The van der Waals surface area contributed by atoms with E-state index in [0.717, 1.165) is 52.3 Å². The van der Waals surface area contributed by atoms with Crippen molar-refractivity contribution in [1.29, 1.82) is 0 Å². The van der Waals surface area contributed by atoms with Crippen LogP contribution in [0.5, 0.6) is 0 Å². The fraction of sp³-hybridized carbons (Fsp3) is 0.250. The molecule has 2 aromatic carbocycles. The largest absolute Gasteiger partial charge is 0.351 e. The number of carbonyl (C=O) groups is 1. The number of carbonyl (C=O) groups excluding carboxylic acids is 1. The molecule has 3 heterocycles. The molecule has 0 radical (unpaired) electrons. The van der Waals surface area contributed by atoms with Crippen LogP contribution in [-0.2, 0) is 0 Å². The van der Waals surface area contributed by atoms with Crippen LogP contribution in [0.3, 0.4) is 0 Å². The van der Waals surface area contributed by atoms with Gasteiger partial charge in [-0.05, 0) is 61.4 Å². The summed E-state index contributed by atoms with van der Waals surface area (Å²) in [6, 6.07) is 15.9. The molecule has 0 aliphatic carbocycles. The summed E-state index contributed by atoms with van der Waals surface area (Å²) in [7, 11) is 0. The van der Waals surface area contributed by atoms with E-state index < -0.39 is 0 Å². The quantitative estimate of drug-likeness (QED) is 0.477. The average molecular weight is 434 g/mol. The summed E-state index contributed by atoms with van der Waals surface area (Å²) in [5.74, 6) is 0.925. The van der Waals surface area contributed by atoms with E-state index in [1.807, 2.05) is 61.3 Å². The molecule has 2 amide bonds. The van der Waals surface area contributed by atoms with Gasteiger partial charge in [-0.2, -0.15) is 0 Å². The van der Waals surface area contributed by atoms with E-state index >= 15 is 0 Å². The lowest BCUT2D eigenvalue weighted by Gasteiger charge is -2.35. The topological polar surface area (TPSA) is 52.9 Å². The molecule has 1 aliphatic rings. The zero-order chi connectivity index (χ0) is 21.5. The predicted octanol–water partition coefficient (Wildman–Crippen LogP) is 5.11. The van der Waals surface area contributed by atoms with Crippen LogP contribution in [0.15, 0.2) is 54.7 Å².